The molecule has 14 rings (SSSR count). The van der Waals surface area contributed by atoms with E-state index in [0.29, 0.717) is 160 Å². The van der Waals surface area contributed by atoms with E-state index in [2.05, 4.69) is 10.6 Å². The predicted octanol–water partition coefficient (Wildman–Crippen LogP) is 14.3. The number of likely N-dealkylation sites (N-methyl/N-ethyl adjacent to an activating group) is 2. The molecule has 0 radical (unpaired) electrons. The van der Waals surface area contributed by atoms with Crippen molar-refractivity contribution in [2.24, 2.45) is 0 Å². The topological polar surface area (TPSA) is 248 Å². The van der Waals surface area contributed by atoms with Crippen LogP contribution in [-0.4, -0.2) is 181 Å². The molecule has 5 spiro atoms. The normalized spacial score (nSPS) is 20.8. The lowest BCUT2D eigenvalue weighted by atomic mass is 9.77. The number of hydroxylamine groups is 4. The van der Waals surface area contributed by atoms with Crippen LogP contribution in [0.5, 0.6) is 0 Å². The van der Waals surface area contributed by atoms with Crippen LogP contribution in [0.2, 0.25) is 15.1 Å². The van der Waals surface area contributed by atoms with Gasteiger partial charge in [-0.1, -0.05) is 59.1 Å². The van der Waals surface area contributed by atoms with Crippen LogP contribution >= 0.6 is 34.8 Å². The highest BCUT2D eigenvalue weighted by atomic mass is 35.5. The summed E-state index contributed by atoms with van der Waals surface area (Å²) in [5.41, 5.74) is 10.6. The second-order valence-corrected chi connectivity index (χ2v) is 30.0. The van der Waals surface area contributed by atoms with E-state index in [1.54, 1.807) is 57.2 Å². The van der Waals surface area contributed by atoms with Gasteiger partial charge in [0.25, 0.3) is 23.6 Å². The van der Waals surface area contributed by atoms with Crippen molar-refractivity contribution in [1.29, 1.82) is 0 Å². The summed E-state index contributed by atoms with van der Waals surface area (Å²) in [6.07, 6.45) is 5.26. The second-order valence-electron chi connectivity index (χ2n) is 28.6. The first-order valence-electron chi connectivity index (χ1n) is 35.6. The maximum absolute atomic E-state index is 13.4. The van der Waals surface area contributed by atoms with Crippen molar-refractivity contribution in [2.45, 2.75) is 154 Å². The van der Waals surface area contributed by atoms with Gasteiger partial charge in [0.05, 0.1) is 61.9 Å². The van der Waals surface area contributed by atoms with Crippen molar-refractivity contribution in [2.75, 3.05) is 87.5 Å². The molecule has 4 saturated heterocycles. The Morgan fingerprint density at radius 2 is 0.924 bits per heavy atom. The smallest absolute Gasteiger partial charge is 0.509 e. The summed E-state index contributed by atoms with van der Waals surface area (Å²) in [7, 11) is 6.80. The summed E-state index contributed by atoms with van der Waals surface area (Å²) in [4.78, 5) is 78.3. The number of nitrogens with one attached hydrogen (secondary N) is 2. The average molecular weight is 1510 g/mol. The van der Waals surface area contributed by atoms with E-state index in [4.69, 9.17) is 68.2 Å². The summed E-state index contributed by atoms with van der Waals surface area (Å²) in [6.45, 7) is 22.0. The van der Waals surface area contributed by atoms with Gasteiger partial charge in [0, 0.05) is 94.2 Å². The molecule has 8 aliphatic heterocycles. The Kier molecular flexibility index (Phi) is 23.2. The van der Waals surface area contributed by atoms with E-state index in [1.165, 1.54) is 12.1 Å². The minimum Gasteiger partial charge on any atom is -0.509 e. The Bertz CT molecular complexity index is 4330. The van der Waals surface area contributed by atoms with Gasteiger partial charge < -0.3 is 69.1 Å². The Balaban J connectivity index is 0.000000140. The number of carbonyl (C=O) groups is 5. The molecule has 25 heteroatoms. The first-order valence-corrected chi connectivity index (χ1v) is 36.7. The molecule has 21 nitrogen and oxygen atoms in total. The van der Waals surface area contributed by atoms with E-state index in [9.17, 15) is 43.7 Å². The molecule has 562 valence electrons. The lowest BCUT2D eigenvalue weighted by Gasteiger charge is -2.43. The first-order chi connectivity index (χ1) is 49.8. The van der Waals surface area contributed by atoms with Crippen LogP contribution < -0.4 is 10.6 Å². The van der Waals surface area contributed by atoms with Gasteiger partial charge in [0.1, 0.15) is 39.7 Å². The zero-order valence-electron chi connectivity index (χ0n) is 61.9. The molecule has 8 heterocycles. The first kappa shape index (κ1) is 78.2. The molecule has 0 atom stereocenters. The summed E-state index contributed by atoms with van der Waals surface area (Å²) >= 11 is 18.4. The third-order valence-electron chi connectivity index (χ3n) is 22.6. The zero-order chi connectivity index (χ0) is 76.0. The molecule has 0 bridgehead atoms. The van der Waals surface area contributed by atoms with E-state index < -0.39 is 34.1 Å². The van der Waals surface area contributed by atoms with Crippen molar-refractivity contribution >= 4 is 86.9 Å². The minimum absolute atomic E-state index is 0.109. The number of amides is 4. The Labute approximate surface area is 627 Å². The van der Waals surface area contributed by atoms with E-state index in [1.807, 2.05) is 114 Å². The summed E-state index contributed by atoms with van der Waals surface area (Å²) < 4.78 is 41.0. The van der Waals surface area contributed by atoms with Crippen LogP contribution in [0.15, 0.2) is 95.8 Å². The molecule has 5 aromatic carbocycles. The van der Waals surface area contributed by atoms with Crippen LogP contribution in [0.25, 0.3) is 33.4 Å². The van der Waals surface area contributed by atoms with Gasteiger partial charge in [0.2, 0.25) is 0 Å². The molecule has 1 aliphatic carbocycles. The summed E-state index contributed by atoms with van der Waals surface area (Å²) in [5.74, 6) is -0.835. The molecule has 5 N–H and O–H groups in total. The number of carbonyl (C=O) groups excluding carboxylic acids is 5. The van der Waals surface area contributed by atoms with Gasteiger partial charge in [-0.05, 0) is 227 Å². The van der Waals surface area contributed by atoms with Crippen molar-refractivity contribution in [3.63, 3.8) is 0 Å². The highest BCUT2D eigenvalue weighted by Gasteiger charge is 2.57. The number of nitrogens with zero attached hydrogens (tertiary/aromatic N) is 4. The summed E-state index contributed by atoms with van der Waals surface area (Å²) in [5, 5.41) is 44.7. The predicted molar refractivity (Wildman–Crippen MR) is 399 cm³/mol. The number of benzene rings is 5. The van der Waals surface area contributed by atoms with Crippen LogP contribution in [0.1, 0.15) is 138 Å². The fourth-order valence-electron chi connectivity index (χ4n) is 16.9. The van der Waals surface area contributed by atoms with Crippen LogP contribution in [-0.2, 0) is 52.5 Å². The zero-order valence-corrected chi connectivity index (χ0v) is 64.2. The maximum atomic E-state index is 13.4. The third-order valence-corrected chi connectivity index (χ3v) is 23.3. The fraction of sp³-hybridized carbons (Fsp3) is 0.463. The Hall–Kier alpha value is -7.87. The molecular weight excluding hydrogens is 1410 g/mol. The molecule has 0 aromatic heterocycles. The van der Waals surface area contributed by atoms with Gasteiger partial charge in [0.15, 0.2) is 11.5 Å². The number of hydrogen-bond donors (Lipinski definition) is 5. The molecule has 9 aliphatic rings. The van der Waals surface area contributed by atoms with Gasteiger partial charge in [-0.25, -0.2) is 9.18 Å². The molecule has 5 fully saturated rings. The van der Waals surface area contributed by atoms with Crippen LogP contribution in [0, 0.1) is 61.2 Å². The quantitative estimate of drug-likeness (QED) is 0.0861. The molecular formula is C80H94Cl3FN6O15. The van der Waals surface area contributed by atoms with Crippen molar-refractivity contribution in [3.8, 4) is 11.1 Å². The lowest BCUT2D eigenvalue weighted by molar-refractivity contribution is -0.185. The highest BCUT2D eigenvalue weighted by molar-refractivity contribution is 6.32. The van der Waals surface area contributed by atoms with Crippen molar-refractivity contribution in [3.05, 3.63) is 183 Å². The lowest BCUT2D eigenvalue weighted by Crippen LogP contribution is -2.53. The average Bonchev–Trinajstić information content (AvgIpc) is 1.68. The van der Waals surface area contributed by atoms with Crippen molar-refractivity contribution < 1.29 is 77.0 Å². The summed E-state index contributed by atoms with van der Waals surface area (Å²) in [6, 6.07) is 21.1. The SMILES string of the molecule is CCOC(=O)OC1=C(c2c(C)cc(Cl)cc2C)C(=O)N(C)C12CCN(OC)CC2.CON1CCC2(CC1)C(O)=C(c1c(C)cc(Cl)cc1C)C(=O)N2C.Cc1cc(Cl)cc(C)c1C1=C(O)C2(CCC3(CC2)OCCO3)NC1=O.Cc1ccc(-c2ccc(F)cc2)c(C)c1C1=C(O)C2(CCOCC2)NC1=O. The highest BCUT2D eigenvalue weighted by Crippen LogP contribution is 2.51. The second kappa shape index (κ2) is 31.1. The number of aryl methyl sites for hydroxylation is 7. The largest absolute Gasteiger partial charge is 0.513 e. The number of hydrogen-bond acceptors (Lipinski definition) is 17. The molecule has 1 saturated carbocycles. The minimum atomic E-state index is -0.805. The molecule has 105 heavy (non-hydrogen) atoms. The number of aliphatic hydroxyl groups excluding tert-OH is 3. The molecule has 4 amide bonds. The third kappa shape index (κ3) is 14.6. The van der Waals surface area contributed by atoms with E-state index in [-0.39, 0.29) is 53.3 Å². The Morgan fingerprint density at radius 1 is 0.514 bits per heavy atom. The number of ether oxygens (including phenoxy) is 5. The van der Waals surface area contributed by atoms with Gasteiger partial charge in [-0.15, -0.1) is 0 Å². The number of piperidine rings is 2. The van der Waals surface area contributed by atoms with Crippen LogP contribution in [0.3, 0.4) is 0 Å². The number of aliphatic hydroxyl groups is 3. The van der Waals surface area contributed by atoms with Crippen LogP contribution in [0.4, 0.5) is 9.18 Å². The molecule has 0 unspecified atom stereocenters. The van der Waals surface area contributed by atoms with E-state index in [0.717, 1.165) is 77.9 Å². The number of halogens is 4. The number of rotatable bonds is 9. The van der Waals surface area contributed by atoms with Gasteiger partial charge in [-0.2, -0.15) is 10.1 Å². The monoisotopic (exact) mass is 1500 g/mol. The van der Waals surface area contributed by atoms with Gasteiger partial charge in [-0.3, -0.25) is 19.2 Å². The standard InChI is InChI=1S/C22H22FNO3.C21H27ClN2O5.C19H22ClNO4.C18H23ClN2O3/c1-13-3-8-17(15-4-6-16(23)7-5-15)14(2)18(13)19-20(25)22(24-21(19)26)9-11-27-12-10-22;1-6-28-20(26)29-18-17(16-13(2)11-15(22)12-14(16)3)19(25)23(4)21(18)7-9-24(27-5)10-8-21;1-11-9-13(20)10-12(2)14(11)15-16(22)18(21-17(15)23)3-5-19(6-4-18)24-7-8-25-19;1-11-9-13(19)10-12(2)14(11)15-16(22)18(20(3)17(15)23)5-7-21(24-4)8-6-18/h3-8,25H,9-12H2,1-2H3,(H,24,26);11-12H,6-10H2,1-5H3;9-10,22H,3-8H2,1-2H3,(H,21,23);9-10,22H,5-8H2,1-4H3. The van der Waals surface area contributed by atoms with E-state index >= 15 is 0 Å². The molecule has 5 aromatic rings. The van der Waals surface area contributed by atoms with Crippen molar-refractivity contribution in [1.82, 2.24) is 30.6 Å². The van der Waals surface area contributed by atoms with Gasteiger partial charge >= 0.3 is 6.16 Å². The fourth-order valence-corrected chi connectivity index (χ4v) is 17.9. The Morgan fingerprint density at radius 3 is 1.38 bits per heavy atom. The maximum Gasteiger partial charge on any atom is 0.513 e.